The van der Waals surface area contributed by atoms with Crippen molar-refractivity contribution in [1.82, 2.24) is 19.4 Å². The summed E-state index contributed by atoms with van der Waals surface area (Å²) in [6.07, 6.45) is 42.9. The first kappa shape index (κ1) is 159. The molecule has 4 aliphatic rings. The van der Waals surface area contributed by atoms with Crippen LogP contribution in [0.4, 0.5) is 5.69 Å². The Labute approximate surface area is 827 Å². The van der Waals surface area contributed by atoms with Gasteiger partial charge in [-0.2, -0.15) is 0 Å². The SMILES string of the molecule is C#CCN.C=CCC.C=CCN.CC(C)CN.CC(C)N.CC(C)OCCCN.CC1CC1.CCCCCN.CCCCN.CCCN.CCN.CN.CN(C)CCN.C[C@@H](N)c1ccccc1.NC1CCC1.NC1CCCC1.NCCCCN.NCCCn1ccnc1.NCCO.NCCc1ccc(NS(=O)[O-])cc1.NCOC=O.NCc1ccc2c(c1)OCO2.NCc1ccncc1. The molecule has 135 heavy (non-hydrogen) atoms. The summed E-state index contributed by atoms with van der Waals surface area (Å²) in [4.78, 5) is 18.9. The zero-order chi connectivity index (χ0) is 106. The van der Waals surface area contributed by atoms with Crippen LogP contribution < -0.4 is 140 Å². The van der Waals surface area contributed by atoms with Gasteiger partial charge in [-0.1, -0.05) is 187 Å². The van der Waals surface area contributed by atoms with Gasteiger partial charge in [0, 0.05) is 112 Å². The second-order valence-corrected chi connectivity index (χ2v) is 31.0. The van der Waals surface area contributed by atoms with E-state index < -0.39 is 11.3 Å². The highest BCUT2D eigenvalue weighted by atomic mass is 32.2. The molecule has 2 aromatic heterocycles. The van der Waals surface area contributed by atoms with E-state index >= 15 is 0 Å². The van der Waals surface area contributed by atoms with Gasteiger partial charge in [0.05, 0.1) is 25.6 Å². The molecule has 0 saturated heterocycles. The van der Waals surface area contributed by atoms with E-state index in [2.05, 4.69) is 110 Å². The number of unbranched alkanes of at least 4 members (excludes halogenated alkanes) is 4. The van der Waals surface area contributed by atoms with Crippen molar-refractivity contribution in [3.63, 3.8) is 0 Å². The van der Waals surface area contributed by atoms with E-state index in [0.717, 1.165) is 164 Å². The maximum Gasteiger partial charge on any atom is 0.294 e. The zero-order valence-electron chi connectivity index (χ0n) is 87.8. The largest absolute Gasteiger partial charge is 0.755 e. The van der Waals surface area contributed by atoms with Crippen LogP contribution in [0.1, 0.15) is 247 Å². The number of ether oxygens (including phenoxy) is 4. The number of allylic oxidation sites excluding steroid dienone is 1. The number of rotatable bonds is 31. The predicted octanol–water partition coefficient (Wildman–Crippen LogP) is 8.53. The quantitative estimate of drug-likeness (QED) is 0.00493. The minimum atomic E-state index is -2.25. The Bertz CT molecular complexity index is 2860. The number of anilines is 1. The third-order valence-electron chi connectivity index (χ3n) is 15.2. The second-order valence-electron chi connectivity index (χ2n) is 30.3. The summed E-state index contributed by atoms with van der Waals surface area (Å²) in [5, 5.41) is 7.75. The minimum Gasteiger partial charge on any atom is -0.755 e. The highest BCUT2D eigenvalue weighted by molar-refractivity contribution is 7.80. The van der Waals surface area contributed by atoms with Gasteiger partial charge in [-0.3, -0.25) is 19.7 Å². The average molecular weight is 1940 g/mol. The molecule has 9 rings (SSSR count). The van der Waals surface area contributed by atoms with Crippen molar-refractivity contribution in [1.29, 1.82) is 0 Å². The number of likely N-dealkylation sites (N-methyl/N-ethyl adjacent to an activating group) is 1. The first-order chi connectivity index (χ1) is 64.7. The molecule has 46 N–H and O–H groups in total. The van der Waals surface area contributed by atoms with E-state index in [1.54, 1.807) is 43.1 Å². The number of hydrogen-bond donors (Lipinski definition) is 24. The molecular weight excluding hydrogens is 1730 g/mol. The molecule has 1 aliphatic heterocycles. The third kappa shape index (κ3) is 180. The van der Waals surface area contributed by atoms with E-state index in [1.807, 2.05) is 145 Å². The number of imidazole rings is 1. The highest BCUT2D eigenvalue weighted by Gasteiger charge is 2.14. The number of nitrogens with zero attached hydrogens (tertiary/aromatic N) is 4. The van der Waals surface area contributed by atoms with Crippen LogP contribution in [0.25, 0.3) is 0 Å². The maximum atomic E-state index is 10.2. The third-order valence-corrected chi connectivity index (χ3v) is 15.6. The van der Waals surface area contributed by atoms with Gasteiger partial charge in [0.15, 0.2) is 11.5 Å². The lowest BCUT2D eigenvalue weighted by Gasteiger charge is -2.18. The summed E-state index contributed by atoms with van der Waals surface area (Å²) in [5.74, 6) is 5.56. The number of aliphatic hydroxyl groups is 1. The van der Waals surface area contributed by atoms with Crippen molar-refractivity contribution in [3.8, 4) is 23.8 Å². The number of aryl methyl sites for hydroxylation is 1. The molecule has 5 aromatic rings. The second kappa shape index (κ2) is 147. The molecule has 0 radical (unpaired) electrons. The van der Waals surface area contributed by atoms with Crippen molar-refractivity contribution in [2.24, 2.45) is 138 Å². The number of nitrogens with one attached hydrogen (secondary N) is 1. The number of hydrogen-bond acceptors (Lipinski definition) is 33. The highest BCUT2D eigenvalue weighted by Crippen LogP contribution is 2.32. The lowest BCUT2D eigenvalue weighted by Crippen LogP contribution is -2.27. The van der Waals surface area contributed by atoms with Crippen LogP contribution in [0.15, 0.2) is 141 Å². The molecule has 0 spiro atoms. The average Bonchev–Trinajstić information content (AvgIpc) is 1.73. The van der Waals surface area contributed by atoms with Gasteiger partial charge in [0.1, 0.15) is 6.73 Å². The molecule has 3 heterocycles. The lowest BCUT2D eigenvalue weighted by atomic mass is 9.95. The molecule has 3 saturated carbocycles. The smallest absolute Gasteiger partial charge is 0.294 e. The molecule has 1 unspecified atom stereocenters. The fourth-order valence-corrected chi connectivity index (χ4v) is 7.52. The number of fused-ring (bicyclic) bond motifs is 1. The zero-order valence-corrected chi connectivity index (χ0v) is 88.7. The number of aromatic nitrogens is 3. The van der Waals surface area contributed by atoms with Gasteiger partial charge in [0.25, 0.3) is 6.47 Å². The number of carbonyl (C=O) groups is 1. The van der Waals surface area contributed by atoms with Crippen LogP contribution in [0.3, 0.4) is 0 Å². The number of pyridine rings is 1. The Hall–Kier alpha value is -6.96. The first-order valence-electron chi connectivity index (χ1n) is 48.0. The summed E-state index contributed by atoms with van der Waals surface area (Å²) in [6.45, 7) is 47.9. The van der Waals surface area contributed by atoms with E-state index in [0.29, 0.717) is 88.4 Å². The summed E-state index contributed by atoms with van der Waals surface area (Å²) < 4.78 is 44.2. The summed E-state index contributed by atoms with van der Waals surface area (Å²) >= 11 is -2.25. The van der Waals surface area contributed by atoms with Gasteiger partial charge in [-0.15, -0.1) is 19.6 Å². The summed E-state index contributed by atoms with van der Waals surface area (Å²) in [5.41, 5.74) is 118. The number of aliphatic hydroxyl groups excluding tert-OH is 1. The minimum absolute atomic E-state index is 0.0243. The standard InChI is InChI=1S/C8H12N2O2S.C8H9NO2.C8H11N.C6H11N3.C6H8N2.C6H15NO.C5H11N.C5H13N.2C4H12N2.C4H9N.2C4H11N.2C4H8.2C3H9N.C3H7N.C3H5N.C2H5NO2.C2H7NO.C2H7N.CH5N/c9-6-5-7-1-3-8(4-2-7)10-13(11)12;9-4-6-1-2-7-8(3-6)11-5-10-7;1-7(9)8-5-3-2-4-6-8;7-2-1-4-9-5-3-8-6-9;7-5-6-1-3-8-4-2-6;1-6(2)8-5-3-4-7;6-5-3-1-2-4-5;1-2-3-4-5-6;1-6(2)4-3-5;5-3-1-2-4-6;5-4-2-1-3-4;1-4(2)3-5;1-2-3-4-5;1-4-2-3-4;1-3-4-2;1-3(2)4;3*1-2-3-4;3-1-5-2-4;3-1-2-4;1-2-3;1-2/h1-4,10H,5-6,9H2,(H,11,12);1-3H,4-5,9H2;2-7H,9H2,1H3;3,5-6H,1-2,4,7H2;1-4H,5,7H2;6H,3-5,7H2,1-2H3;5H,1-4,6H2;2-6H2,1H3;3-5H2,1-2H3;1-6H2;4H,1-3,5H2;4H,3,5H2,1-2H3;2-5H2,1H3;4H,2-3H2,1H3;3H,1,4H2,2H3;3H,4H2,1-2H3;2-4H2,1H3;2H,1,3-4H2;1H,3-4H2;2H,1,3H2;4H,1-3H2;2-3H2,1H3;2H2,1H3/p-1/t;;7-;;;;;;;;;;;;;;;;;;;;/m..1..................../s1. The molecule has 800 valence electrons. The van der Waals surface area contributed by atoms with Crippen LogP contribution in [-0.4, -0.2) is 210 Å². The molecule has 3 aliphatic carbocycles. The van der Waals surface area contributed by atoms with Crippen LogP contribution in [0.2, 0.25) is 0 Å². The topological polar surface area (TPSA) is 733 Å². The Kier molecular flexibility index (Phi) is 173. The number of carbonyl (C=O) groups excluding carboxylic acids is 1. The van der Waals surface area contributed by atoms with Crippen molar-refractivity contribution in [3.05, 3.63) is 164 Å². The van der Waals surface area contributed by atoms with Gasteiger partial charge >= 0.3 is 0 Å². The van der Waals surface area contributed by atoms with Crippen LogP contribution in [0, 0.1) is 24.2 Å². The van der Waals surface area contributed by atoms with Gasteiger partial charge in [-0.05, 0) is 267 Å². The molecule has 0 bridgehead atoms. The van der Waals surface area contributed by atoms with Gasteiger partial charge in [0.2, 0.25) is 6.79 Å². The van der Waals surface area contributed by atoms with Gasteiger partial charge < -0.3 is 163 Å². The Morgan fingerprint density at radius 1 is 0.600 bits per heavy atom. The van der Waals surface area contributed by atoms with Crippen LogP contribution >= 0.6 is 0 Å². The first-order valence-corrected chi connectivity index (χ1v) is 49.1. The fraction of sp³-hybridized carbons (Fsp3) is 0.667. The molecule has 2 atom stereocenters. The van der Waals surface area contributed by atoms with Crippen LogP contribution in [-0.2, 0) is 51.6 Å². The number of benzene rings is 3. The van der Waals surface area contributed by atoms with Gasteiger partial charge in [-0.25, -0.2) is 4.98 Å². The van der Waals surface area contributed by atoms with E-state index in [9.17, 15) is 8.76 Å². The Balaban J connectivity index is -0.0000000956. The molecule has 3 fully saturated rings. The van der Waals surface area contributed by atoms with Crippen molar-refractivity contribution < 1.29 is 37.6 Å². The number of terminal acetylenes is 1. The monoisotopic (exact) mass is 1940 g/mol. The fourth-order valence-electron chi connectivity index (χ4n) is 7.19. The van der Waals surface area contributed by atoms with Crippen LogP contribution in [0.5, 0.6) is 11.5 Å². The van der Waals surface area contributed by atoms with Crippen molar-refractivity contribution in [2.45, 2.75) is 275 Å². The summed E-state index contributed by atoms with van der Waals surface area (Å²) in [7, 11) is 5.51. The van der Waals surface area contributed by atoms with E-state index in [4.69, 9.17) is 139 Å². The number of nitrogens with two attached hydrogens (primary N) is 22. The van der Waals surface area contributed by atoms with Crippen molar-refractivity contribution in [2.75, 3.05) is 151 Å². The maximum absolute atomic E-state index is 10.2. The Morgan fingerprint density at radius 2 is 1.03 bits per heavy atom. The Morgan fingerprint density at radius 3 is 1.27 bits per heavy atom. The molecule has 35 nitrogen and oxygen atoms in total. The van der Waals surface area contributed by atoms with E-state index in [1.165, 1.54) is 103 Å². The van der Waals surface area contributed by atoms with Crippen molar-refractivity contribution >= 4 is 23.4 Å². The molecular formula is C99H214N27O8S-. The summed E-state index contributed by atoms with van der Waals surface area (Å²) in [6, 6.07) is 28.3. The molecule has 3 aromatic carbocycles. The molecule has 0 amide bonds. The molecule has 36 heteroatoms. The normalized spacial score (nSPS) is 11.4. The predicted molar refractivity (Wildman–Crippen MR) is 586 cm³/mol. The lowest BCUT2D eigenvalue weighted by molar-refractivity contribution is -0.128. The van der Waals surface area contributed by atoms with E-state index in [-0.39, 0.29) is 19.4 Å².